The van der Waals surface area contributed by atoms with Gasteiger partial charge in [0.2, 0.25) is 17.7 Å². The van der Waals surface area contributed by atoms with Crippen LogP contribution in [-0.2, 0) is 14.4 Å². The molecule has 0 heterocycles. The molecule has 0 saturated heterocycles. The predicted octanol–water partition coefficient (Wildman–Crippen LogP) is 2.96. The molecule has 3 amide bonds. The van der Waals surface area contributed by atoms with Crippen molar-refractivity contribution in [3.63, 3.8) is 0 Å². The molecule has 2 aromatic carbocycles. The third kappa shape index (κ3) is 7.73. The van der Waals surface area contributed by atoms with Crippen molar-refractivity contribution in [1.82, 2.24) is 10.2 Å². The highest BCUT2D eigenvalue weighted by Gasteiger charge is 2.14. The molecule has 0 atom stereocenters. The van der Waals surface area contributed by atoms with Crippen molar-refractivity contribution in [3.8, 4) is 0 Å². The first-order chi connectivity index (χ1) is 14.7. The van der Waals surface area contributed by atoms with Crippen molar-refractivity contribution < 1.29 is 14.4 Å². The third-order valence-corrected chi connectivity index (χ3v) is 5.39. The van der Waals surface area contributed by atoms with Crippen LogP contribution < -0.4 is 16.0 Å². The standard InChI is InChI=1S/C23H30N4O3S/c1-15-10-16(2)23(17(3)11-15)26-20(28)12-24-21(29)13-27(4)14-22(30)25-18-8-6-7-9-19(18)31-5/h6-11H,12-14H2,1-5H3,(H,24,29)(H,25,30)(H,26,28). The van der Waals surface area contributed by atoms with Gasteiger partial charge in [-0.1, -0.05) is 29.8 Å². The van der Waals surface area contributed by atoms with Crippen molar-refractivity contribution in [2.24, 2.45) is 0 Å². The summed E-state index contributed by atoms with van der Waals surface area (Å²) in [6.45, 7) is 5.81. The number of nitrogens with one attached hydrogen (secondary N) is 3. The number of amides is 3. The molecular weight excluding hydrogens is 412 g/mol. The maximum Gasteiger partial charge on any atom is 0.243 e. The van der Waals surface area contributed by atoms with E-state index < -0.39 is 0 Å². The van der Waals surface area contributed by atoms with E-state index in [1.807, 2.05) is 63.4 Å². The van der Waals surface area contributed by atoms with Crippen LogP contribution in [0.15, 0.2) is 41.3 Å². The Hall–Kier alpha value is -2.84. The lowest BCUT2D eigenvalue weighted by molar-refractivity contribution is -0.125. The second-order valence-corrected chi connectivity index (χ2v) is 8.37. The fourth-order valence-corrected chi connectivity index (χ4v) is 3.83. The molecule has 3 N–H and O–H groups in total. The molecule has 8 heteroatoms. The Balaban J connectivity index is 1.77. The van der Waals surface area contributed by atoms with Gasteiger partial charge >= 0.3 is 0 Å². The largest absolute Gasteiger partial charge is 0.346 e. The van der Waals surface area contributed by atoms with E-state index in [1.54, 1.807) is 23.7 Å². The molecule has 0 bridgehead atoms. The van der Waals surface area contributed by atoms with Crippen LogP contribution in [0.5, 0.6) is 0 Å². The van der Waals surface area contributed by atoms with Gasteiger partial charge in [0.1, 0.15) is 0 Å². The number of thioether (sulfide) groups is 1. The number of carbonyl (C=O) groups excluding carboxylic acids is 3. The number of para-hydroxylation sites is 1. The van der Waals surface area contributed by atoms with Gasteiger partial charge in [-0.3, -0.25) is 19.3 Å². The fraction of sp³-hybridized carbons (Fsp3) is 0.348. The first-order valence-corrected chi connectivity index (χ1v) is 11.2. The van der Waals surface area contributed by atoms with Gasteiger partial charge in [0.15, 0.2) is 0 Å². The zero-order valence-electron chi connectivity index (χ0n) is 18.7. The van der Waals surface area contributed by atoms with E-state index in [2.05, 4.69) is 16.0 Å². The lowest BCUT2D eigenvalue weighted by Crippen LogP contribution is -2.41. The van der Waals surface area contributed by atoms with Gasteiger partial charge in [-0.05, 0) is 57.3 Å². The Labute approximate surface area is 188 Å². The average Bonchev–Trinajstić information content (AvgIpc) is 2.69. The Morgan fingerprint density at radius 2 is 1.52 bits per heavy atom. The number of benzene rings is 2. The van der Waals surface area contributed by atoms with Gasteiger partial charge in [0.25, 0.3) is 0 Å². The Kier molecular flexibility index (Phi) is 9.08. The van der Waals surface area contributed by atoms with Crippen LogP contribution in [0, 0.1) is 20.8 Å². The minimum Gasteiger partial charge on any atom is -0.346 e. The molecule has 31 heavy (non-hydrogen) atoms. The summed E-state index contributed by atoms with van der Waals surface area (Å²) >= 11 is 1.55. The maximum absolute atomic E-state index is 12.3. The second kappa shape index (κ2) is 11.5. The van der Waals surface area contributed by atoms with Crippen molar-refractivity contribution in [2.45, 2.75) is 25.7 Å². The highest BCUT2D eigenvalue weighted by molar-refractivity contribution is 7.98. The molecule has 0 aliphatic rings. The van der Waals surface area contributed by atoms with E-state index >= 15 is 0 Å². The smallest absolute Gasteiger partial charge is 0.243 e. The molecule has 0 radical (unpaired) electrons. The van der Waals surface area contributed by atoms with E-state index in [1.165, 1.54) is 0 Å². The Morgan fingerprint density at radius 3 is 2.16 bits per heavy atom. The Bertz CT molecular complexity index is 939. The number of hydrogen-bond acceptors (Lipinski definition) is 5. The minimum atomic E-state index is -0.327. The predicted molar refractivity (Wildman–Crippen MR) is 127 cm³/mol. The molecule has 0 unspecified atom stereocenters. The highest BCUT2D eigenvalue weighted by Crippen LogP contribution is 2.24. The molecule has 0 fully saturated rings. The summed E-state index contributed by atoms with van der Waals surface area (Å²) in [6, 6.07) is 11.5. The van der Waals surface area contributed by atoms with Crippen molar-refractivity contribution in [1.29, 1.82) is 0 Å². The lowest BCUT2D eigenvalue weighted by atomic mass is 10.1. The van der Waals surface area contributed by atoms with Gasteiger partial charge in [-0.25, -0.2) is 0 Å². The first kappa shape index (κ1) is 24.4. The zero-order valence-corrected chi connectivity index (χ0v) is 19.5. The molecule has 0 saturated carbocycles. The van der Waals surface area contributed by atoms with Crippen LogP contribution in [0.25, 0.3) is 0 Å². The molecule has 0 aliphatic heterocycles. The zero-order chi connectivity index (χ0) is 23.0. The average molecular weight is 443 g/mol. The summed E-state index contributed by atoms with van der Waals surface area (Å²) < 4.78 is 0. The molecule has 0 aromatic heterocycles. The number of carbonyl (C=O) groups is 3. The first-order valence-electron chi connectivity index (χ1n) is 9.95. The van der Waals surface area contributed by atoms with Gasteiger partial charge < -0.3 is 16.0 Å². The Morgan fingerprint density at radius 1 is 0.903 bits per heavy atom. The fourth-order valence-electron chi connectivity index (χ4n) is 3.28. The van der Waals surface area contributed by atoms with Gasteiger partial charge in [-0.15, -0.1) is 11.8 Å². The van der Waals surface area contributed by atoms with E-state index in [0.29, 0.717) is 0 Å². The van der Waals surface area contributed by atoms with Crippen LogP contribution in [0.1, 0.15) is 16.7 Å². The van der Waals surface area contributed by atoms with E-state index in [-0.39, 0.29) is 37.4 Å². The quantitative estimate of drug-likeness (QED) is 0.520. The van der Waals surface area contributed by atoms with Crippen LogP contribution in [0.3, 0.4) is 0 Å². The number of nitrogens with zero attached hydrogens (tertiary/aromatic N) is 1. The van der Waals surface area contributed by atoms with Gasteiger partial charge in [0, 0.05) is 10.6 Å². The molecular formula is C23H30N4O3S. The summed E-state index contributed by atoms with van der Waals surface area (Å²) in [5.74, 6) is -0.829. The molecule has 2 aromatic rings. The topological polar surface area (TPSA) is 90.5 Å². The number of aryl methyl sites for hydroxylation is 3. The highest BCUT2D eigenvalue weighted by atomic mass is 32.2. The van der Waals surface area contributed by atoms with Gasteiger partial charge in [-0.2, -0.15) is 0 Å². The van der Waals surface area contributed by atoms with Crippen LogP contribution >= 0.6 is 11.8 Å². The third-order valence-electron chi connectivity index (χ3n) is 4.60. The number of likely N-dealkylation sites (N-methyl/N-ethyl adjacent to an activating group) is 1. The second-order valence-electron chi connectivity index (χ2n) is 7.52. The number of rotatable bonds is 9. The molecule has 166 valence electrons. The van der Waals surface area contributed by atoms with E-state index in [4.69, 9.17) is 0 Å². The van der Waals surface area contributed by atoms with Crippen molar-refractivity contribution in [2.75, 3.05) is 43.6 Å². The number of hydrogen-bond donors (Lipinski definition) is 3. The summed E-state index contributed by atoms with van der Waals surface area (Å²) in [6.07, 6.45) is 1.94. The van der Waals surface area contributed by atoms with E-state index in [9.17, 15) is 14.4 Å². The van der Waals surface area contributed by atoms with Crippen LogP contribution in [-0.4, -0.2) is 55.6 Å². The molecule has 2 rings (SSSR count). The summed E-state index contributed by atoms with van der Waals surface area (Å²) in [7, 11) is 1.68. The monoisotopic (exact) mass is 442 g/mol. The van der Waals surface area contributed by atoms with Gasteiger partial charge in [0.05, 0.1) is 25.3 Å². The minimum absolute atomic E-state index is 0.00740. The van der Waals surface area contributed by atoms with E-state index in [0.717, 1.165) is 33.0 Å². The number of anilines is 2. The molecule has 0 spiro atoms. The van der Waals surface area contributed by atoms with Crippen molar-refractivity contribution >= 4 is 40.9 Å². The molecule has 7 nitrogen and oxygen atoms in total. The summed E-state index contributed by atoms with van der Waals surface area (Å²) in [5, 5.41) is 8.31. The van der Waals surface area contributed by atoms with Crippen LogP contribution in [0.4, 0.5) is 11.4 Å². The SMILES string of the molecule is CSc1ccccc1NC(=O)CN(C)CC(=O)NCC(=O)Nc1c(C)cc(C)cc1C. The summed E-state index contributed by atoms with van der Waals surface area (Å²) in [4.78, 5) is 39.2. The summed E-state index contributed by atoms with van der Waals surface area (Å²) in [5.41, 5.74) is 4.60. The maximum atomic E-state index is 12.3. The lowest BCUT2D eigenvalue weighted by Gasteiger charge is -2.17. The van der Waals surface area contributed by atoms with Crippen LogP contribution in [0.2, 0.25) is 0 Å². The normalized spacial score (nSPS) is 10.6. The molecule has 0 aliphatic carbocycles. The van der Waals surface area contributed by atoms with Crippen molar-refractivity contribution in [3.05, 3.63) is 53.1 Å².